The quantitative estimate of drug-likeness (QED) is 0.698. The monoisotopic (exact) mass is 253 g/mol. The minimum absolute atomic E-state index is 0.187. The Labute approximate surface area is 107 Å². The second-order valence-electron chi connectivity index (χ2n) is 4.34. The van der Waals surface area contributed by atoms with Gasteiger partial charge < -0.3 is 9.88 Å². The fourth-order valence-electron chi connectivity index (χ4n) is 1.87. The topological polar surface area (TPSA) is 56.0 Å². The Balaban J connectivity index is 2.66. The average molecular weight is 253 g/mol. The van der Waals surface area contributed by atoms with Gasteiger partial charge in [0.25, 0.3) is 5.56 Å². The molecule has 102 valence electrons. The van der Waals surface area contributed by atoms with Gasteiger partial charge in [0.15, 0.2) is 0 Å². The van der Waals surface area contributed by atoms with Crippen LogP contribution in [0.2, 0.25) is 0 Å². The second kappa shape index (κ2) is 7.87. The van der Waals surface area contributed by atoms with Gasteiger partial charge in [-0.05, 0) is 32.4 Å². The van der Waals surface area contributed by atoms with Gasteiger partial charge >= 0.3 is 5.69 Å². The molecule has 1 aromatic rings. The van der Waals surface area contributed by atoms with Crippen LogP contribution in [-0.4, -0.2) is 22.2 Å². The van der Waals surface area contributed by atoms with E-state index in [0.717, 1.165) is 32.4 Å². The molecule has 0 saturated carbocycles. The number of rotatable bonds is 8. The fourth-order valence-corrected chi connectivity index (χ4v) is 1.87. The van der Waals surface area contributed by atoms with Gasteiger partial charge in [-0.25, -0.2) is 4.79 Å². The van der Waals surface area contributed by atoms with Gasteiger partial charge in [-0.2, -0.15) is 0 Å². The molecule has 1 N–H and O–H groups in total. The zero-order valence-electron chi connectivity index (χ0n) is 11.3. The molecule has 1 heterocycles. The van der Waals surface area contributed by atoms with Crippen LogP contribution < -0.4 is 16.6 Å². The van der Waals surface area contributed by atoms with Gasteiger partial charge in [0.05, 0.1) is 0 Å². The maximum absolute atomic E-state index is 12.0. The van der Waals surface area contributed by atoms with Gasteiger partial charge in [-0.3, -0.25) is 9.36 Å². The Morgan fingerprint density at radius 1 is 1.17 bits per heavy atom. The molecule has 0 unspecified atom stereocenters. The first-order valence-corrected chi connectivity index (χ1v) is 6.71. The summed E-state index contributed by atoms with van der Waals surface area (Å²) >= 11 is 0. The molecule has 0 radical (unpaired) electrons. The lowest BCUT2D eigenvalue weighted by Gasteiger charge is -2.08. The van der Waals surface area contributed by atoms with Crippen molar-refractivity contribution in [3.63, 3.8) is 0 Å². The smallest absolute Gasteiger partial charge is 0.317 e. The van der Waals surface area contributed by atoms with E-state index >= 15 is 0 Å². The van der Waals surface area contributed by atoms with Crippen molar-refractivity contribution in [3.05, 3.63) is 33.1 Å². The molecule has 5 heteroatoms. The molecule has 0 saturated heterocycles. The molecular weight excluding hydrogens is 230 g/mol. The molecule has 1 rings (SSSR count). The van der Waals surface area contributed by atoms with Crippen LogP contribution >= 0.6 is 0 Å². The van der Waals surface area contributed by atoms with Crippen LogP contribution in [0.5, 0.6) is 0 Å². The van der Waals surface area contributed by atoms with Gasteiger partial charge in [0, 0.05) is 25.4 Å². The highest BCUT2D eigenvalue weighted by Gasteiger charge is 2.03. The molecule has 0 atom stereocenters. The minimum Gasteiger partial charge on any atom is -0.317 e. The van der Waals surface area contributed by atoms with Gasteiger partial charge in [-0.1, -0.05) is 13.8 Å². The lowest BCUT2D eigenvalue weighted by atomic mass is 10.3. The van der Waals surface area contributed by atoms with E-state index in [1.165, 1.54) is 10.6 Å². The van der Waals surface area contributed by atoms with Crippen LogP contribution in [0.4, 0.5) is 0 Å². The maximum Gasteiger partial charge on any atom is 0.330 e. The standard InChI is InChI=1S/C13H23N3O2/c1-3-9-15-11-7-12(17)16(13(15)18)10-6-5-8-14-4-2/h7,11,14H,3-6,8-10H2,1-2H3. The van der Waals surface area contributed by atoms with Crippen molar-refractivity contribution < 1.29 is 0 Å². The lowest BCUT2D eigenvalue weighted by molar-refractivity contribution is 0.511. The summed E-state index contributed by atoms with van der Waals surface area (Å²) in [6.45, 7) is 7.13. The van der Waals surface area contributed by atoms with E-state index in [0.29, 0.717) is 13.1 Å². The van der Waals surface area contributed by atoms with E-state index in [1.807, 2.05) is 6.92 Å². The second-order valence-corrected chi connectivity index (χ2v) is 4.34. The Morgan fingerprint density at radius 3 is 2.61 bits per heavy atom. The van der Waals surface area contributed by atoms with E-state index < -0.39 is 0 Å². The zero-order chi connectivity index (χ0) is 13.4. The number of aryl methyl sites for hydroxylation is 1. The summed E-state index contributed by atoms with van der Waals surface area (Å²) in [7, 11) is 0. The predicted octanol–water partition coefficient (Wildman–Crippen LogP) is 0.810. The number of unbranched alkanes of at least 4 members (excludes halogenated alkanes) is 1. The summed E-state index contributed by atoms with van der Waals surface area (Å²) in [6, 6.07) is 1.47. The van der Waals surface area contributed by atoms with Crippen LogP contribution in [0, 0.1) is 0 Å². The highest BCUT2D eigenvalue weighted by atomic mass is 16.2. The molecular formula is C13H23N3O2. The van der Waals surface area contributed by atoms with E-state index in [2.05, 4.69) is 12.2 Å². The van der Waals surface area contributed by atoms with Crippen molar-refractivity contribution >= 4 is 0 Å². The predicted molar refractivity (Wildman–Crippen MR) is 73.0 cm³/mol. The van der Waals surface area contributed by atoms with Crippen LogP contribution in [0.15, 0.2) is 21.9 Å². The van der Waals surface area contributed by atoms with Crippen molar-refractivity contribution in [2.75, 3.05) is 13.1 Å². The number of hydrogen-bond donors (Lipinski definition) is 1. The average Bonchev–Trinajstić information content (AvgIpc) is 2.36. The molecule has 0 aliphatic heterocycles. The van der Waals surface area contributed by atoms with Crippen LogP contribution in [-0.2, 0) is 13.1 Å². The molecule has 18 heavy (non-hydrogen) atoms. The number of hydrogen-bond acceptors (Lipinski definition) is 3. The lowest BCUT2D eigenvalue weighted by Crippen LogP contribution is -2.39. The SMILES string of the molecule is CCCn1ccc(=O)n(CCCCNCC)c1=O. The van der Waals surface area contributed by atoms with Crippen LogP contribution in [0.1, 0.15) is 33.1 Å². The van der Waals surface area contributed by atoms with Gasteiger partial charge in [0.1, 0.15) is 0 Å². The van der Waals surface area contributed by atoms with E-state index in [4.69, 9.17) is 0 Å². The Kier molecular flexibility index (Phi) is 6.43. The zero-order valence-corrected chi connectivity index (χ0v) is 11.3. The van der Waals surface area contributed by atoms with E-state index in [-0.39, 0.29) is 11.2 Å². The van der Waals surface area contributed by atoms with Crippen LogP contribution in [0.25, 0.3) is 0 Å². The minimum atomic E-state index is -0.198. The van der Waals surface area contributed by atoms with Gasteiger partial charge in [-0.15, -0.1) is 0 Å². The molecule has 0 aromatic carbocycles. The third kappa shape index (κ3) is 4.14. The van der Waals surface area contributed by atoms with Crippen molar-refractivity contribution in [2.24, 2.45) is 0 Å². The number of nitrogens with zero attached hydrogens (tertiary/aromatic N) is 2. The van der Waals surface area contributed by atoms with Crippen LogP contribution in [0.3, 0.4) is 0 Å². The maximum atomic E-state index is 12.0. The summed E-state index contributed by atoms with van der Waals surface area (Å²) in [5.41, 5.74) is -0.386. The largest absolute Gasteiger partial charge is 0.330 e. The fraction of sp³-hybridized carbons (Fsp3) is 0.692. The highest BCUT2D eigenvalue weighted by molar-refractivity contribution is 4.86. The summed E-state index contributed by atoms with van der Waals surface area (Å²) in [5.74, 6) is 0. The molecule has 5 nitrogen and oxygen atoms in total. The Hall–Kier alpha value is -1.36. The molecule has 0 fully saturated rings. The summed E-state index contributed by atoms with van der Waals surface area (Å²) < 4.78 is 2.94. The molecule has 1 aromatic heterocycles. The molecule has 0 spiro atoms. The van der Waals surface area contributed by atoms with Gasteiger partial charge in [0.2, 0.25) is 0 Å². The normalized spacial score (nSPS) is 10.8. The van der Waals surface area contributed by atoms with Crippen molar-refractivity contribution in [1.82, 2.24) is 14.5 Å². The van der Waals surface area contributed by atoms with Crippen molar-refractivity contribution in [2.45, 2.75) is 46.2 Å². The van der Waals surface area contributed by atoms with Crippen molar-refractivity contribution in [1.29, 1.82) is 0 Å². The summed E-state index contributed by atoms with van der Waals surface area (Å²) in [4.78, 5) is 23.7. The molecule has 0 bridgehead atoms. The highest BCUT2D eigenvalue weighted by Crippen LogP contribution is 1.90. The molecule has 0 aliphatic rings. The summed E-state index contributed by atoms with van der Waals surface area (Å²) in [5, 5.41) is 3.22. The third-order valence-corrected chi connectivity index (χ3v) is 2.84. The Bertz CT molecular complexity index is 462. The van der Waals surface area contributed by atoms with E-state index in [1.54, 1.807) is 10.8 Å². The van der Waals surface area contributed by atoms with E-state index in [9.17, 15) is 9.59 Å². The summed E-state index contributed by atoms with van der Waals surface area (Å²) in [6.07, 6.45) is 4.29. The first kappa shape index (κ1) is 14.7. The molecule has 0 aliphatic carbocycles. The third-order valence-electron chi connectivity index (χ3n) is 2.84. The number of nitrogens with one attached hydrogen (secondary N) is 1. The first-order chi connectivity index (χ1) is 8.70. The van der Waals surface area contributed by atoms with Crippen molar-refractivity contribution in [3.8, 4) is 0 Å². The molecule has 0 amide bonds. The Morgan fingerprint density at radius 2 is 1.94 bits per heavy atom. The number of aromatic nitrogens is 2. The first-order valence-electron chi connectivity index (χ1n) is 6.71.